The van der Waals surface area contributed by atoms with Crippen LogP contribution in [-0.2, 0) is 0 Å². The minimum Gasteiger partial charge on any atom is -0.332 e. The van der Waals surface area contributed by atoms with Crippen molar-refractivity contribution in [1.29, 1.82) is 0 Å². The van der Waals surface area contributed by atoms with Gasteiger partial charge in [-0.25, -0.2) is 0 Å². The van der Waals surface area contributed by atoms with Crippen LogP contribution in [0, 0.1) is 0 Å². The van der Waals surface area contributed by atoms with Gasteiger partial charge in [-0.1, -0.05) is 41.4 Å². The first kappa shape index (κ1) is 20.8. The third kappa shape index (κ3) is 6.02. The Hall–Kier alpha value is -2.93. The summed E-state index contributed by atoms with van der Waals surface area (Å²) in [6, 6.07) is 20.1. The van der Waals surface area contributed by atoms with E-state index in [1.165, 1.54) is 0 Å². The molecule has 146 valence electrons. The van der Waals surface area contributed by atoms with E-state index in [2.05, 4.69) is 16.0 Å². The Labute approximate surface area is 183 Å². The molecule has 3 aromatic carbocycles. The molecule has 3 aromatic rings. The molecule has 5 nitrogen and oxygen atoms in total. The first-order chi connectivity index (χ1) is 13.9. The monoisotopic (exact) mass is 443 g/mol. The molecule has 0 aliphatic rings. The summed E-state index contributed by atoms with van der Waals surface area (Å²) in [6.45, 7) is 0. The number of halogens is 2. The van der Waals surface area contributed by atoms with Gasteiger partial charge in [0.2, 0.25) is 0 Å². The zero-order chi connectivity index (χ0) is 20.8. The van der Waals surface area contributed by atoms with Crippen LogP contribution in [0.3, 0.4) is 0 Å². The van der Waals surface area contributed by atoms with Crippen LogP contribution >= 0.6 is 35.4 Å². The van der Waals surface area contributed by atoms with Gasteiger partial charge in [0, 0.05) is 32.5 Å². The van der Waals surface area contributed by atoms with Crippen molar-refractivity contribution in [2.24, 2.45) is 0 Å². The number of hydrogen-bond acceptors (Lipinski definition) is 3. The summed E-state index contributed by atoms with van der Waals surface area (Å²) in [4.78, 5) is 24.7. The Kier molecular flexibility index (Phi) is 6.82. The predicted molar refractivity (Wildman–Crippen MR) is 121 cm³/mol. The van der Waals surface area contributed by atoms with E-state index < -0.39 is 0 Å². The maximum atomic E-state index is 12.5. The second kappa shape index (κ2) is 9.52. The van der Waals surface area contributed by atoms with Gasteiger partial charge in [0.25, 0.3) is 11.8 Å². The van der Waals surface area contributed by atoms with Crippen molar-refractivity contribution < 1.29 is 9.59 Å². The largest absolute Gasteiger partial charge is 0.332 e. The summed E-state index contributed by atoms with van der Waals surface area (Å²) >= 11 is 17.0. The number of thiocarbonyl (C=S) groups is 1. The number of nitrogens with one attached hydrogen (secondary N) is 3. The van der Waals surface area contributed by atoms with Crippen molar-refractivity contribution in [1.82, 2.24) is 5.32 Å². The van der Waals surface area contributed by atoms with Gasteiger partial charge in [-0.15, -0.1) is 0 Å². The van der Waals surface area contributed by atoms with Gasteiger partial charge in [0.05, 0.1) is 0 Å². The molecule has 0 aromatic heterocycles. The van der Waals surface area contributed by atoms with E-state index in [0.29, 0.717) is 32.5 Å². The Morgan fingerprint density at radius 1 is 0.690 bits per heavy atom. The summed E-state index contributed by atoms with van der Waals surface area (Å²) in [7, 11) is 0. The van der Waals surface area contributed by atoms with Crippen molar-refractivity contribution in [3.05, 3.63) is 94.0 Å². The quantitative estimate of drug-likeness (QED) is 0.473. The highest BCUT2D eigenvalue weighted by Gasteiger charge is 2.10. The highest BCUT2D eigenvalue weighted by Crippen LogP contribution is 2.17. The lowest BCUT2D eigenvalue weighted by Gasteiger charge is -2.11. The average molecular weight is 444 g/mol. The Morgan fingerprint density at radius 3 is 1.90 bits per heavy atom. The molecule has 8 heteroatoms. The minimum atomic E-state index is -0.389. The Balaban J connectivity index is 1.63. The number of carbonyl (C=O) groups is 2. The van der Waals surface area contributed by atoms with Crippen molar-refractivity contribution in [2.75, 3.05) is 10.6 Å². The third-order valence-corrected chi connectivity index (χ3v) is 4.45. The van der Waals surface area contributed by atoms with Crippen LogP contribution in [0.1, 0.15) is 20.7 Å². The van der Waals surface area contributed by atoms with Crippen molar-refractivity contribution in [3.63, 3.8) is 0 Å². The van der Waals surface area contributed by atoms with Crippen LogP contribution in [-0.4, -0.2) is 16.9 Å². The molecule has 0 aliphatic carbocycles. The molecule has 0 fully saturated rings. The van der Waals surface area contributed by atoms with E-state index >= 15 is 0 Å². The molecule has 0 heterocycles. The summed E-state index contributed by atoms with van der Waals surface area (Å²) in [6.07, 6.45) is 0. The topological polar surface area (TPSA) is 70.2 Å². The highest BCUT2D eigenvalue weighted by molar-refractivity contribution is 7.80. The van der Waals surface area contributed by atoms with Gasteiger partial charge in [0.15, 0.2) is 5.11 Å². The van der Waals surface area contributed by atoms with E-state index in [9.17, 15) is 9.59 Å². The van der Waals surface area contributed by atoms with Crippen molar-refractivity contribution >= 4 is 63.7 Å². The molecule has 0 spiro atoms. The smallest absolute Gasteiger partial charge is 0.257 e. The SMILES string of the molecule is O=C(NC(=S)Nc1cccc(C(=O)Nc2cccc(Cl)c2)c1)c1cccc(Cl)c1. The standard InChI is InChI=1S/C21H15Cl2N3O2S/c22-15-6-1-4-13(10-15)20(28)26-21(29)25-17-8-2-5-14(11-17)19(27)24-18-9-3-7-16(23)12-18/h1-12H,(H,24,27)(H2,25,26,28,29). The molecule has 0 atom stereocenters. The predicted octanol–water partition coefficient (Wildman–Crippen LogP) is 5.37. The highest BCUT2D eigenvalue weighted by atomic mass is 35.5. The molecule has 0 aliphatic heterocycles. The van der Waals surface area contributed by atoms with E-state index in [-0.39, 0.29) is 16.9 Å². The molecule has 2 amide bonds. The van der Waals surface area contributed by atoms with Gasteiger partial charge in [-0.2, -0.15) is 0 Å². The fraction of sp³-hybridized carbons (Fsp3) is 0. The van der Waals surface area contributed by atoms with Crippen LogP contribution in [0.5, 0.6) is 0 Å². The molecule has 0 saturated carbocycles. The molecule has 0 bridgehead atoms. The normalized spacial score (nSPS) is 10.1. The van der Waals surface area contributed by atoms with Gasteiger partial charge in [-0.05, 0) is 66.8 Å². The molecular weight excluding hydrogens is 429 g/mol. The first-order valence-electron chi connectivity index (χ1n) is 8.45. The molecule has 0 saturated heterocycles. The van der Waals surface area contributed by atoms with E-state index in [1.54, 1.807) is 72.8 Å². The van der Waals surface area contributed by atoms with Crippen LogP contribution in [0.25, 0.3) is 0 Å². The number of anilines is 2. The molecule has 0 radical (unpaired) electrons. The van der Waals surface area contributed by atoms with Gasteiger partial charge >= 0.3 is 0 Å². The molecule has 3 rings (SSSR count). The van der Waals surface area contributed by atoms with E-state index in [1.807, 2.05) is 0 Å². The first-order valence-corrected chi connectivity index (χ1v) is 9.62. The number of hydrogen-bond donors (Lipinski definition) is 3. The molecular formula is C21H15Cl2N3O2S. The lowest BCUT2D eigenvalue weighted by atomic mass is 10.2. The lowest BCUT2D eigenvalue weighted by Crippen LogP contribution is -2.34. The van der Waals surface area contributed by atoms with E-state index in [4.69, 9.17) is 35.4 Å². The minimum absolute atomic E-state index is 0.0994. The number of benzene rings is 3. The third-order valence-electron chi connectivity index (χ3n) is 3.78. The Morgan fingerprint density at radius 2 is 1.24 bits per heavy atom. The number of amides is 2. The fourth-order valence-corrected chi connectivity index (χ4v) is 3.07. The van der Waals surface area contributed by atoms with Crippen LogP contribution in [0.2, 0.25) is 10.0 Å². The van der Waals surface area contributed by atoms with Gasteiger partial charge in [-0.3, -0.25) is 14.9 Å². The van der Waals surface area contributed by atoms with E-state index in [0.717, 1.165) is 0 Å². The van der Waals surface area contributed by atoms with Crippen LogP contribution in [0.4, 0.5) is 11.4 Å². The van der Waals surface area contributed by atoms with Crippen LogP contribution < -0.4 is 16.0 Å². The summed E-state index contributed by atoms with van der Waals surface area (Å²) in [5.41, 5.74) is 1.94. The Bertz CT molecular complexity index is 1090. The zero-order valence-electron chi connectivity index (χ0n) is 14.9. The second-order valence-corrected chi connectivity index (χ2v) is 7.24. The fourth-order valence-electron chi connectivity index (χ4n) is 2.48. The zero-order valence-corrected chi connectivity index (χ0v) is 17.2. The molecule has 0 unspecified atom stereocenters. The molecule has 3 N–H and O–H groups in total. The van der Waals surface area contributed by atoms with Crippen molar-refractivity contribution in [3.8, 4) is 0 Å². The van der Waals surface area contributed by atoms with Gasteiger partial charge < -0.3 is 10.6 Å². The second-order valence-electron chi connectivity index (χ2n) is 5.96. The molecule has 29 heavy (non-hydrogen) atoms. The maximum absolute atomic E-state index is 12.5. The van der Waals surface area contributed by atoms with Gasteiger partial charge in [0.1, 0.15) is 0 Å². The number of rotatable bonds is 4. The average Bonchev–Trinajstić information content (AvgIpc) is 2.68. The van der Waals surface area contributed by atoms with Crippen LogP contribution in [0.15, 0.2) is 72.8 Å². The summed E-state index contributed by atoms with van der Waals surface area (Å²) in [5.74, 6) is -0.690. The van der Waals surface area contributed by atoms with Crippen molar-refractivity contribution in [2.45, 2.75) is 0 Å². The maximum Gasteiger partial charge on any atom is 0.257 e. The summed E-state index contributed by atoms with van der Waals surface area (Å²) < 4.78 is 0. The number of carbonyl (C=O) groups excluding carboxylic acids is 2. The summed E-state index contributed by atoms with van der Waals surface area (Å²) in [5, 5.41) is 9.32. The lowest BCUT2D eigenvalue weighted by molar-refractivity contribution is 0.0976.